The molecule has 1 aromatic rings. The molecule has 5 nitrogen and oxygen atoms in total. The van der Waals surface area contributed by atoms with E-state index in [2.05, 4.69) is 4.90 Å². The number of hydrogen-bond acceptors (Lipinski definition) is 4. The van der Waals surface area contributed by atoms with Crippen LogP contribution in [-0.4, -0.2) is 60.0 Å². The van der Waals surface area contributed by atoms with E-state index in [1.165, 1.54) is 12.8 Å². The van der Waals surface area contributed by atoms with Gasteiger partial charge in [-0.1, -0.05) is 0 Å². The predicted octanol–water partition coefficient (Wildman–Crippen LogP) is 3.12. The third-order valence-corrected chi connectivity index (χ3v) is 5.40. The van der Waals surface area contributed by atoms with Gasteiger partial charge < -0.3 is 14.5 Å². The largest absolute Gasteiger partial charge is 0.456 e. The van der Waals surface area contributed by atoms with Crippen molar-refractivity contribution >= 4 is 11.9 Å². The fourth-order valence-corrected chi connectivity index (χ4v) is 4.09. The molecule has 0 aromatic heterocycles. The van der Waals surface area contributed by atoms with Crippen molar-refractivity contribution in [3.8, 4) is 0 Å². The number of fused-ring (bicyclic) bond motifs is 3. The summed E-state index contributed by atoms with van der Waals surface area (Å²) in [6, 6.07) is 5.56. The zero-order valence-corrected chi connectivity index (χ0v) is 16.5. The fraction of sp³-hybridized carbons (Fsp3) is 0.619. The van der Waals surface area contributed by atoms with E-state index in [-0.39, 0.29) is 17.9 Å². The number of esters is 1. The van der Waals surface area contributed by atoms with Crippen LogP contribution in [0.4, 0.5) is 0 Å². The Kier molecular flexibility index (Phi) is 5.11. The molecule has 0 N–H and O–H groups in total. The lowest BCUT2D eigenvalue weighted by Crippen LogP contribution is -2.57. The van der Waals surface area contributed by atoms with Crippen LogP contribution in [0, 0.1) is 12.8 Å². The summed E-state index contributed by atoms with van der Waals surface area (Å²) in [4.78, 5) is 29.8. The van der Waals surface area contributed by atoms with Gasteiger partial charge in [0.15, 0.2) is 0 Å². The van der Waals surface area contributed by atoms with E-state index in [9.17, 15) is 9.59 Å². The highest BCUT2D eigenvalue weighted by Crippen LogP contribution is 2.31. The Morgan fingerprint density at radius 1 is 1.12 bits per heavy atom. The van der Waals surface area contributed by atoms with Gasteiger partial charge in [-0.25, -0.2) is 4.79 Å². The molecule has 3 heterocycles. The highest BCUT2D eigenvalue weighted by atomic mass is 16.6. The first-order valence-corrected chi connectivity index (χ1v) is 9.48. The van der Waals surface area contributed by atoms with E-state index in [4.69, 9.17) is 4.74 Å². The van der Waals surface area contributed by atoms with Crippen LogP contribution < -0.4 is 0 Å². The van der Waals surface area contributed by atoms with Gasteiger partial charge in [0.25, 0.3) is 5.91 Å². The number of rotatable bonds is 3. The molecule has 26 heavy (non-hydrogen) atoms. The molecule has 1 atom stereocenters. The molecule has 4 rings (SSSR count). The van der Waals surface area contributed by atoms with Crippen LogP contribution in [0.1, 0.15) is 59.9 Å². The van der Waals surface area contributed by atoms with Gasteiger partial charge in [-0.3, -0.25) is 4.79 Å². The average molecular weight is 358 g/mol. The maximum Gasteiger partial charge on any atom is 0.338 e. The highest BCUT2D eigenvalue weighted by molar-refractivity contribution is 5.98. The summed E-state index contributed by atoms with van der Waals surface area (Å²) in [5.74, 6) is 0.182. The molecule has 3 saturated heterocycles. The number of piperidine rings is 3. The van der Waals surface area contributed by atoms with E-state index >= 15 is 0 Å². The average Bonchev–Trinajstić information content (AvgIpc) is 2.59. The van der Waals surface area contributed by atoms with E-state index in [1.54, 1.807) is 12.1 Å². The predicted molar refractivity (Wildman–Crippen MR) is 101 cm³/mol. The number of hydrogen-bond donors (Lipinski definition) is 0. The Labute approximate surface area is 156 Å². The molecule has 142 valence electrons. The number of benzene rings is 1. The maximum absolute atomic E-state index is 13.1. The first-order chi connectivity index (χ1) is 12.1. The number of carbonyl (C=O) groups is 2. The number of nitrogens with zero attached hydrogens (tertiary/aromatic N) is 2. The Morgan fingerprint density at radius 2 is 1.73 bits per heavy atom. The minimum atomic E-state index is -0.558. The zero-order valence-electron chi connectivity index (χ0n) is 16.5. The normalized spacial score (nSPS) is 25.0. The van der Waals surface area contributed by atoms with Gasteiger partial charge in [0.1, 0.15) is 5.60 Å². The Balaban J connectivity index is 1.80. The maximum atomic E-state index is 13.1. The lowest BCUT2D eigenvalue weighted by Gasteiger charge is -2.48. The van der Waals surface area contributed by atoms with Crippen molar-refractivity contribution in [2.24, 2.45) is 5.92 Å². The summed E-state index contributed by atoms with van der Waals surface area (Å²) >= 11 is 0. The smallest absolute Gasteiger partial charge is 0.338 e. The second-order valence-corrected chi connectivity index (χ2v) is 8.71. The van der Waals surface area contributed by atoms with Gasteiger partial charge >= 0.3 is 5.97 Å². The number of likely N-dealkylation sites (N-methyl/N-ethyl adjacent to an activating group) is 1. The van der Waals surface area contributed by atoms with Gasteiger partial charge in [0.05, 0.1) is 5.56 Å². The fourth-order valence-electron chi connectivity index (χ4n) is 4.09. The molecular formula is C21H30N2O3. The van der Waals surface area contributed by atoms with Crippen molar-refractivity contribution in [1.29, 1.82) is 0 Å². The van der Waals surface area contributed by atoms with Crippen molar-refractivity contribution < 1.29 is 14.3 Å². The number of aryl methyl sites for hydroxylation is 1. The van der Waals surface area contributed by atoms with Crippen molar-refractivity contribution in [3.05, 3.63) is 34.9 Å². The molecule has 0 aliphatic carbocycles. The van der Waals surface area contributed by atoms with E-state index in [1.807, 2.05) is 45.7 Å². The Bertz CT molecular complexity index is 700. The zero-order chi connectivity index (χ0) is 19.1. The molecule has 1 unspecified atom stereocenters. The SMILES string of the molecule is Cc1cc(C(=O)OC(C)(C)C)cc(C(=O)N(C)C2CN3CCC2CC3)c1. The van der Waals surface area contributed by atoms with Gasteiger partial charge in [0.2, 0.25) is 0 Å². The van der Waals surface area contributed by atoms with Crippen LogP contribution in [0.25, 0.3) is 0 Å². The summed E-state index contributed by atoms with van der Waals surface area (Å²) < 4.78 is 5.46. The number of amides is 1. The third kappa shape index (κ3) is 4.09. The molecule has 1 aromatic carbocycles. The highest BCUT2D eigenvalue weighted by Gasteiger charge is 2.38. The molecule has 5 heteroatoms. The van der Waals surface area contributed by atoms with Crippen LogP contribution in [0.5, 0.6) is 0 Å². The molecule has 3 fully saturated rings. The number of ether oxygens (including phenoxy) is 1. The molecular weight excluding hydrogens is 328 g/mol. The molecule has 3 aliphatic heterocycles. The Morgan fingerprint density at radius 3 is 2.27 bits per heavy atom. The lowest BCUT2D eigenvalue weighted by atomic mass is 9.83. The lowest BCUT2D eigenvalue weighted by molar-refractivity contribution is 0.00693. The van der Waals surface area contributed by atoms with E-state index < -0.39 is 5.60 Å². The molecule has 3 aliphatic rings. The van der Waals surface area contributed by atoms with Crippen molar-refractivity contribution in [3.63, 3.8) is 0 Å². The third-order valence-electron chi connectivity index (χ3n) is 5.40. The monoisotopic (exact) mass is 358 g/mol. The minimum absolute atomic E-state index is 0.0164. The van der Waals surface area contributed by atoms with Crippen molar-refractivity contribution in [2.75, 3.05) is 26.7 Å². The summed E-state index contributed by atoms with van der Waals surface area (Å²) in [5.41, 5.74) is 1.33. The van der Waals surface area contributed by atoms with Crippen LogP contribution in [0.15, 0.2) is 18.2 Å². The Hall–Kier alpha value is -1.88. The summed E-state index contributed by atoms with van der Waals surface area (Å²) in [6.07, 6.45) is 2.33. The van der Waals surface area contributed by atoms with Crippen LogP contribution in [0.3, 0.4) is 0 Å². The van der Waals surface area contributed by atoms with Crippen molar-refractivity contribution in [2.45, 2.75) is 52.2 Å². The van der Waals surface area contributed by atoms with Crippen LogP contribution >= 0.6 is 0 Å². The van der Waals surface area contributed by atoms with Crippen molar-refractivity contribution in [1.82, 2.24) is 9.80 Å². The molecule has 2 bridgehead atoms. The second kappa shape index (κ2) is 7.03. The first kappa shape index (κ1) is 18.9. The van der Waals surface area contributed by atoms with Gasteiger partial charge in [-0.15, -0.1) is 0 Å². The van der Waals surface area contributed by atoms with Gasteiger partial charge in [-0.05, 0) is 83.3 Å². The standard InChI is InChI=1S/C21H30N2O3/c1-14-10-16(12-17(11-14)20(25)26-21(2,3)4)19(24)22(5)18-13-23-8-6-15(18)7-9-23/h10-12,15,18H,6-9,13H2,1-5H3. The molecule has 0 radical (unpaired) electrons. The van der Waals surface area contributed by atoms with Gasteiger partial charge in [-0.2, -0.15) is 0 Å². The second-order valence-electron chi connectivity index (χ2n) is 8.71. The quantitative estimate of drug-likeness (QED) is 0.779. The van der Waals surface area contributed by atoms with Crippen LogP contribution in [0.2, 0.25) is 0 Å². The van der Waals surface area contributed by atoms with Crippen LogP contribution in [-0.2, 0) is 4.74 Å². The molecule has 0 saturated carbocycles. The summed E-state index contributed by atoms with van der Waals surface area (Å²) in [6.45, 7) is 10.7. The minimum Gasteiger partial charge on any atom is -0.456 e. The molecule has 1 amide bonds. The van der Waals surface area contributed by atoms with E-state index in [0.717, 1.165) is 25.2 Å². The topological polar surface area (TPSA) is 49.9 Å². The summed E-state index contributed by atoms with van der Waals surface area (Å²) in [7, 11) is 1.89. The molecule has 0 spiro atoms. The van der Waals surface area contributed by atoms with E-state index in [0.29, 0.717) is 17.0 Å². The number of carbonyl (C=O) groups excluding carboxylic acids is 2. The van der Waals surface area contributed by atoms with Gasteiger partial charge in [0, 0.05) is 25.2 Å². The summed E-state index contributed by atoms with van der Waals surface area (Å²) in [5, 5.41) is 0. The first-order valence-electron chi connectivity index (χ1n) is 9.48.